The first kappa shape index (κ1) is 15.3. The van der Waals surface area contributed by atoms with Crippen molar-refractivity contribution in [1.29, 1.82) is 0 Å². The van der Waals surface area contributed by atoms with Gasteiger partial charge in [-0.3, -0.25) is 0 Å². The molecule has 0 spiro atoms. The third-order valence-electron chi connectivity index (χ3n) is 3.54. The molecule has 4 heteroatoms. The highest BCUT2D eigenvalue weighted by Gasteiger charge is 2.24. The van der Waals surface area contributed by atoms with E-state index >= 15 is 0 Å². The third-order valence-corrected chi connectivity index (χ3v) is 3.54. The van der Waals surface area contributed by atoms with Gasteiger partial charge in [-0.1, -0.05) is 39.5 Å². The number of carbonyl (C=O) groups excluding carboxylic acids is 1. The van der Waals surface area contributed by atoms with Gasteiger partial charge in [0.15, 0.2) is 0 Å². The number of hydrogen-bond donors (Lipinski definition) is 3. The van der Waals surface area contributed by atoms with Crippen LogP contribution in [-0.4, -0.2) is 29.8 Å². The van der Waals surface area contributed by atoms with Crippen molar-refractivity contribution < 1.29 is 9.90 Å². The molecule has 0 saturated heterocycles. The van der Waals surface area contributed by atoms with Gasteiger partial charge >= 0.3 is 6.03 Å². The van der Waals surface area contributed by atoms with Crippen molar-refractivity contribution in [1.82, 2.24) is 10.6 Å². The average Bonchev–Trinajstić information content (AvgIpc) is 2.31. The van der Waals surface area contributed by atoms with E-state index in [1.807, 2.05) is 0 Å². The van der Waals surface area contributed by atoms with Crippen LogP contribution in [0.4, 0.5) is 4.79 Å². The van der Waals surface area contributed by atoms with E-state index in [2.05, 4.69) is 24.5 Å². The van der Waals surface area contributed by atoms with Gasteiger partial charge in [0.25, 0.3) is 0 Å². The van der Waals surface area contributed by atoms with E-state index in [-0.39, 0.29) is 18.2 Å². The summed E-state index contributed by atoms with van der Waals surface area (Å²) in [6.45, 7) is 5.15. The van der Waals surface area contributed by atoms with Crippen LogP contribution in [0.15, 0.2) is 0 Å². The number of aliphatic hydroxyl groups is 1. The van der Waals surface area contributed by atoms with Gasteiger partial charge in [-0.2, -0.15) is 0 Å². The van der Waals surface area contributed by atoms with Crippen LogP contribution in [0, 0.1) is 5.92 Å². The standard InChI is InChI=1S/C14H28N2O2/c1-11(2)7-5-6-10-15-14(18)16-12-8-3-4-9-13(12)17/h11-13,17H,3-10H2,1-2H3,(H2,15,16,18). The summed E-state index contributed by atoms with van der Waals surface area (Å²) in [4.78, 5) is 11.6. The van der Waals surface area contributed by atoms with Gasteiger partial charge in [0.2, 0.25) is 0 Å². The lowest BCUT2D eigenvalue weighted by molar-refractivity contribution is 0.0943. The summed E-state index contributed by atoms with van der Waals surface area (Å²) in [7, 11) is 0. The molecule has 0 bridgehead atoms. The van der Waals surface area contributed by atoms with Crippen molar-refractivity contribution in [3.8, 4) is 0 Å². The van der Waals surface area contributed by atoms with E-state index in [4.69, 9.17) is 0 Å². The Morgan fingerprint density at radius 3 is 2.67 bits per heavy atom. The quantitative estimate of drug-likeness (QED) is 0.639. The maximum absolute atomic E-state index is 11.6. The van der Waals surface area contributed by atoms with Crippen LogP contribution in [0.2, 0.25) is 0 Å². The Labute approximate surface area is 111 Å². The van der Waals surface area contributed by atoms with Crippen LogP contribution < -0.4 is 10.6 Å². The van der Waals surface area contributed by atoms with Gasteiger partial charge in [-0.25, -0.2) is 4.79 Å². The minimum Gasteiger partial charge on any atom is -0.391 e. The van der Waals surface area contributed by atoms with Crippen molar-refractivity contribution in [2.45, 2.75) is 70.9 Å². The Balaban J connectivity index is 2.06. The van der Waals surface area contributed by atoms with Crippen molar-refractivity contribution in [3.63, 3.8) is 0 Å². The predicted molar refractivity (Wildman–Crippen MR) is 73.5 cm³/mol. The number of aliphatic hydroxyl groups excluding tert-OH is 1. The van der Waals surface area contributed by atoms with E-state index in [0.29, 0.717) is 0 Å². The fourth-order valence-electron chi connectivity index (χ4n) is 2.38. The van der Waals surface area contributed by atoms with Gasteiger partial charge in [0, 0.05) is 6.54 Å². The maximum atomic E-state index is 11.6. The summed E-state index contributed by atoms with van der Waals surface area (Å²) >= 11 is 0. The largest absolute Gasteiger partial charge is 0.391 e. The number of hydrogen-bond acceptors (Lipinski definition) is 2. The zero-order valence-electron chi connectivity index (χ0n) is 11.7. The monoisotopic (exact) mass is 256 g/mol. The summed E-state index contributed by atoms with van der Waals surface area (Å²) in [5.41, 5.74) is 0. The molecule has 0 aliphatic heterocycles. The molecule has 2 atom stereocenters. The van der Waals surface area contributed by atoms with Crippen LogP contribution in [0.5, 0.6) is 0 Å². The number of urea groups is 1. The molecule has 0 aromatic carbocycles. The molecule has 2 unspecified atom stereocenters. The zero-order valence-corrected chi connectivity index (χ0v) is 11.7. The lowest BCUT2D eigenvalue weighted by atomic mass is 9.93. The van der Waals surface area contributed by atoms with Gasteiger partial charge < -0.3 is 15.7 Å². The second-order valence-corrected chi connectivity index (χ2v) is 5.75. The maximum Gasteiger partial charge on any atom is 0.315 e. The Hall–Kier alpha value is -0.770. The zero-order chi connectivity index (χ0) is 13.4. The fraction of sp³-hybridized carbons (Fsp3) is 0.929. The Morgan fingerprint density at radius 2 is 2.00 bits per heavy atom. The van der Waals surface area contributed by atoms with Gasteiger partial charge in [0.1, 0.15) is 0 Å². The highest BCUT2D eigenvalue weighted by atomic mass is 16.3. The van der Waals surface area contributed by atoms with Crippen LogP contribution in [-0.2, 0) is 0 Å². The van der Waals surface area contributed by atoms with Crippen molar-refractivity contribution in [3.05, 3.63) is 0 Å². The van der Waals surface area contributed by atoms with Crippen LogP contribution in [0.1, 0.15) is 58.8 Å². The van der Waals surface area contributed by atoms with Gasteiger partial charge in [0.05, 0.1) is 12.1 Å². The summed E-state index contributed by atoms with van der Waals surface area (Å²) in [6.07, 6.45) is 6.88. The highest BCUT2D eigenvalue weighted by molar-refractivity contribution is 5.74. The van der Waals surface area contributed by atoms with E-state index in [0.717, 1.165) is 51.0 Å². The molecular weight excluding hydrogens is 228 g/mol. The van der Waals surface area contributed by atoms with E-state index in [9.17, 15) is 9.90 Å². The number of rotatable bonds is 6. The molecule has 0 aromatic rings. The number of carbonyl (C=O) groups is 1. The van der Waals surface area contributed by atoms with E-state index < -0.39 is 0 Å². The Bertz CT molecular complexity index is 244. The summed E-state index contributed by atoms with van der Waals surface area (Å²) in [5, 5.41) is 15.5. The molecule has 1 rings (SSSR count). The van der Waals surface area contributed by atoms with Crippen LogP contribution in [0.3, 0.4) is 0 Å². The first-order valence-electron chi connectivity index (χ1n) is 7.32. The normalized spacial score (nSPS) is 24.0. The molecule has 18 heavy (non-hydrogen) atoms. The fourth-order valence-corrected chi connectivity index (χ4v) is 2.38. The second-order valence-electron chi connectivity index (χ2n) is 5.75. The molecule has 1 fully saturated rings. The molecule has 4 nitrogen and oxygen atoms in total. The topological polar surface area (TPSA) is 61.4 Å². The van der Waals surface area contributed by atoms with Crippen molar-refractivity contribution >= 4 is 6.03 Å². The predicted octanol–water partition coefficient (Wildman–Crippen LogP) is 2.42. The molecule has 3 N–H and O–H groups in total. The first-order valence-corrected chi connectivity index (χ1v) is 7.32. The SMILES string of the molecule is CC(C)CCCCNC(=O)NC1CCCCC1O. The smallest absolute Gasteiger partial charge is 0.315 e. The molecule has 0 radical (unpaired) electrons. The molecule has 1 aliphatic carbocycles. The molecule has 0 aromatic heterocycles. The van der Waals surface area contributed by atoms with Crippen molar-refractivity contribution in [2.75, 3.05) is 6.54 Å². The minimum atomic E-state index is -0.370. The number of nitrogens with one attached hydrogen (secondary N) is 2. The lowest BCUT2D eigenvalue weighted by Gasteiger charge is -2.28. The Kier molecular flexibility index (Phi) is 7.09. The van der Waals surface area contributed by atoms with E-state index in [1.165, 1.54) is 6.42 Å². The summed E-state index contributed by atoms with van der Waals surface area (Å²) < 4.78 is 0. The molecule has 0 heterocycles. The number of amides is 2. The minimum absolute atomic E-state index is 0.0607. The third kappa shape index (κ3) is 6.24. The average molecular weight is 256 g/mol. The van der Waals surface area contributed by atoms with E-state index in [1.54, 1.807) is 0 Å². The number of unbranched alkanes of at least 4 members (excludes halogenated alkanes) is 1. The van der Waals surface area contributed by atoms with Crippen molar-refractivity contribution in [2.24, 2.45) is 5.92 Å². The first-order chi connectivity index (χ1) is 8.59. The summed E-state index contributed by atoms with van der Waals surface area (Å²) in [6, 6.07) is -0.195. The van der Waals surface area contributed by atoms with Crippen LogP contribution >= 0.6 is 0 Å². The van der Waals surface area contributed by atoms with Crippen LogP contribution in [0.25, 0.3) is 0 Å². The molecule has 1 saturated carbocycles. The van der Waals surface area contributed by atoms with Gasteiger partial charge in [-0.05, 0) is 25.2 Å². The Morgan fingerprint density at radius 1 is 1.28 bits per heavy atom. The van der Waals surface area contributed by atoms with Gasteiger partial charge in [-0.15, -0.1) is 0 Å². The lowest BCUT2D eigenvalue weighted by Crippen LogP contribution is -2.49. The highest BCUT2D eigenvalue weighted by Crippen LogP contribution is 2.18. The second kappa shape index (κ2) is 8.35. The molecular formula is C14H28N2O2. The summed E-state index contributed by atoms with van der Waals surface area (Å²) in [5.74, 6) is 0.733. The molecule has 1 aliphatic rings. The molecule has 2 amide bonds. The molecule has 106 valence electrons.